The van der Waals surface area contributed by atoms with E-state index < -0.39 is 15.7 Å². The second-order valence-corrected chi connectivity index (χ2v) is 11.5. The first kappa shape index (κ1) is 24.8. The summed E-state index contributed by atoms with van der Waals surface area (Å²) in [6.45, 7) is 3.37. The minimum Gasteiger partial charge on any atom is -0.489 e. The molecule has 0 bridgehead atoms. The van der Waals surface area contributed by atoms with Crippen molar-refractivity contribution in [2.75, 3.05) is 26.2 Å². The highest BCUT2D eigenvalue weighted by atomic mass is 32.2. The third kappa shape index (κ3) is 5.23. The molecular formula is C27H30N6O4S. The first-order valence-electron chi connectivity index (χ1n) is 12.9. The number of aromatic nitrogens is 3. The number of ether oxygens (including phenoxy) is 1. The average Bonchev–Trinajstić information content (AvgIpc) is 3.58. The Labute approximate surface area is 220 Å². The van der Waals surface area contributed by atoms with E-state index >= 15 is 0 Å². The van der Waals surface area contributed by atoms with E-state index in [1.54, 1.807) is 30.5 Å². The number of hydrogen-bond acceptors (Lipinski definition) is 7. The lowest BCUT2D eigenvalue weighted by atomic mass is 10.1. The molecule has 38 heavy (non-hydrogen) atoms. The summed E-state index contributed by atoms with van der Waals surface area (Å²) in [7, 11) is -3.60. The third-order valence-corrected chi connectivity index (χ3v) is 8.59. The smallest absolute Gasteiger partial charge is 0.354 e. The lowest BCUT2D eigenvalue weighted by Crippen LogP contribution is -2.42. The van der Waals surface area contributed by atoms with Crippen LogP contribution in [0.15, 0.2) is 70.5 Å². The molecule has 0 amide bonds. The van der Waals surface area contributed by atoms with Crippen molar-refractivity contribution in [1.29, 1.82) is 0 Å². The van der Waals surface area contributed by atoms with E-state index in [2.05, 4.69) is 25.3 Å². The van der Waals surface area contributed by atoms with Crippen LogP contribution in [-0.4, -0.2) is 61.3 Å². The number of benzene rings is 2. The molecule has 1 atom stereocenters. The van der Waals surface area contributed by atoms with Crippen LogP contribution < -0.4 is 25.8 Å². The van der Waals surface area contributed by atoms with Gasteiger partial charge in [0.15, 0.2) is 0 Å². The van der Waals surface area contributed by atoms with Gasteiger partial charge in [0.25, 0.3) is 0 Å². The van der Waals surface area contributed by atoms with Gasteiger partial charge in [-0.3, -0.25) is 4.57 Å². The van der Waals surface area contributed by atoms with Gasteiger partial charge in [-0.15, -0.1) is 0 Å². The predicted octanol–water partition coefficient (Wildman–Crippen LogP) is 2.15. The van der Waals surface area contributed by atoms with Gasteiger partial charge in [0.1, 0.15) is 17.5 Å². The molecule has 2 aliphatic heterocycles. The first-order valence-corrected chi connectivity index (χ1v) is 14.4. The second-order valence-electron chi connectivity index (χ2n) is 9.78. The molecule has 0 radical (unpaired) electrons. The minimum atomic E-state index is -3.60. The van der Waals surface area contributed by atoms with E-state index in [-0.39, 0.29) is 17.0 Å². The molecule has 0 spiro atoms. The van der Waals surface area contributed by atoms with Crippen molar-refractivity contribution in [2.24, 2.45) is 0 Å². The fourth-order valence-corrected chi connectivity index (χ4v) is 6.31. The Balaban J connectivity index is 1.24. The van der Waals surface area contributed by atoms with Gasteiger partial charge in [-0.1, -0.05) is 18.2 Å². The van der Waals surface area contributed by atoms with E-state index in [1.165, 1.54) is 4.57 Å². The number of nitrogens with zero attached hydrogens (tertiary/aromatic N) is 2. The Morgan fingerprint density at radius 2 is 1.76 bits per heavy atom. The minimum absolute atomic E-state index is 0.0549. The zero-order valence-electron chi connectivity index (χ0n) is 20.8. The first-order chi connectivity index (χ1) is 18.4. The Hall–Kier alpha value is -3.51. The van der Waals surface area contributed by atoms with Crippen LogP contribution in [0.25, 0.3) is 28.0 Å². The molecule has 2 fully saturated rings. The van der Waals surface area contributed by atoms with Crippen LogP contribution in [0.5, 0.6) is 5.75 Å². The number of hydrogen-bond donors (Lipinski definition) is 4. The summed E-state index contributed by atoms with van der Waals surface area (Å²) in [5, 5.41) is 7.28. The SMILES string of the molecule is O=c1nc2[nH]c(-c3ccc(S(=O)(=O)NC4CCNCC4)cc3)cc2cn1-c1cccc(OC2CCNC2)c1. The zero-order chi connectivity index (χ0) is 26.1. The van der Waals surface area contributed by atoms with Crippen molar-refractivity contribution in [1.82, 2.24) is 29.9 Å². The molecule has 10 nitrogen and oxygen atoms in total. The molecule has 2 aromatic heterocycles. The van der Waals surface area contributed by atoms with Crippen molar-refractivity contribution < 1.29 is 13.2 Å². The average molecular weight is 535 g/mol. The Bertz CT molecular complexity index is 1600. The lowest BCUT2D eigenvalue weighted by Gasteiger charge is -2.23. The van der Waals surface area contributed by atoms with Gasteiger partial charge in [0.05, 0.1) is 10.6 Å². The van der Waals surface area contributed by atoms with Crippen LogP contribution in [-0.2, 0) is 10.0 Å². The fourth-order valence-electron chi connectivity index (χ4n) is 5.00. The molecule has 4 heterocycles. The molecule has 1 unspecified atom stereocenters. The number of aromatic amines is 1. The highest BCUT2D eigenvalue weighted by Crippen LogP contribution is 2.25. The normalized spacial score (nSPS) is 18.7. The monoisotopic (exact) mass is 534 g/mol. The van der Waals surface area contributed by atoms with E-state index in [4.69, 9.17) is 4.74 Å². The van der Waals surface area contributed by atoms with Crippen LogP contribution in [0, 0.1) is 0 Å². The van der Waals surface area contributed by atoms with E-state index in [0.717, 1.165) is 62.1 Å². The van der Waals surface area contributed by atoms with Crippen molar-refractivity contribution in [3.05, 3.63) is 71.3 Å². The van der Waals surface area contributed by atoms with Crippen LogP contribution >= 0.6 is 0 Å². The maximum atomic E-state index is 12.9. The highest BCUT2D eigenvalue weighted by molar-refractivity contribution is 7.89. The third-order valence-electron chi connectivity index (χ3n) is 7.06. The Morgan fingerprint density at radius 3 is 2.53 bits per heavy atom. The summed E-state index contributed by atoms with van der Waals surface area (Å²) in [4.78, 5) is 20.5. The summed E-state index contributed by atoms with van der Waals surface area (Å²) < 4.78 is 36.0. The summed E-state index contributed by atoms with van der Waals surface area (Å²) >= 11 is 0. The van der Waals surface area contributed by atoms with E-state index in [0.29, 0.717) is 17.1 Å². The molecule has 11 heteroatoms. The van der Waals surface area contributed by atoms with Gasteiger partial charge in [0.2, 0.25) is 10.0 Å². The summed E-state index contributed by atoms with van der Waals surface area (Å²) in [5.41, 5.74) is 2.27. The summed E-state index contributed by atoms with van der Waals surface area (Å²) in [5.74, 6) is 0.711. The number of piperidine rings is 1. The number of nitrogens with one attached hydrogen (secondary N) is 4. The van der Waals surface area contributed by atoms with Crippen molar-refractivity contribution in [2.45, 2.75) is 36.3 Å². The predicted molar refractivity (Wildman–Crippen MR) is 145 cm³/mol. The summed E-state index contributed by atoms with van der Waals surface area (Å²) in [6.07, 6.45) is 4.37. The van der Waals surface area contributed by atoms with Gasteiger partial charge < -0.3 is 20.4 Å². The molecule has 2 saturated heterocycles. The zero-order valence-corrected chi connectivity index (χ0v) is 21.6. The number of H-pyrrole nitrogens is 1. The quantitative estimate of drug-likeness (QED) is 0.286. The topological polar surface area (TPSA) is 130 Å². The van der Waals surface area contributed by atoms with E-state index in [9.17, 15) is 13.2 Å². The maximum Gasteiger partial charge on any atom is 0.354 e. The Morgan fingerprint density at radius 1 is 0.974 bits per heavy atom. The van der Waals surface area contributed by atoms with Crippen LogP contribution in [0.3, 0.4) is 0 Å². The maximum absolute atomic E-state index is 12.9. The number of fused-ring (bicyclic) bond motifs is 1. The van der Waals surface area contributed by atoms with E-state index in [1.807, 2.05) is 30.3 Å². The largest absolute Gasteiger partial charge is 0.489 e. The van der Waals surface area contributed by atoms with Gasteiger partial charge in [-0.25, -0.2) is 17.9 Å². The highest BCUT2D eigenvalue weighted by Gasteiger charge is 2.22. The lowest BCUT2D eigenvalue weighted by molar-refractivity contribution is 0.223. The summed E-state index contributed by atoms with van der Waals surface area (Å²) in [6, 6.07) is 16.0. The van der Waals surface area contributed by atoms with Crippen molar-refractivity contribution >= 4 is 21.1 Å². The number of rotatable bonds is 7. The second kappa shape index (κ2) is 10.3. The van der Waals surface area contributed by atoms with Crippen molar-refractivity contribution in [3.63, 3.8) is 0 Å². The van der Waals surface area contributed by atoms with Gasteiger partial charge >= 0.3 is 5.69 Å². The van der Waals surface area contributed by atoms with Crippen LogP contribution in [0.1, 0.15) is 19.3 Å². The molecule has 2 aliphatic rings. The van der Waals surface area contributed by atoms with Gasteiger partial charge in [-0.2, -0.15) is 4.98 Å². The molecule has 198 valence electrons. The van der Waals surface area contributed by atoms with Crippen molar-refractivity contribution in [3.8, 4) is 22.7 Å². The molecule has 2 aromatic carbocycles. The molecule has 6 rings (SSSR count). The molecule has 0 saturated carbocycles. The molecule has 0 aliphatic carbocycles. The van der Waals surface area contributed by atoms with Gasteiger partial charge in [-0.05, 0) is 74.8 Å². The molecular weight excluding hydrogens is 504 g/mol. The Kier molecular flexibility index (Phi) is 6.75. The van der Waals surface area contributed by atoms with Crippen LogP contribution in [0.2, 0.25) is 0 Å². The van der Waals surface area contributed by atoms with Gasteiger partial charge in [0, 0.05) is 35.9 Å². The van der Waals surface area contributed by atoms with Crippen LogP contribution in [0.4, 0.5) is 0 Å². The fraction of sp³-hybridized carbons (Fsp3) is 0.333. The molecule has 4 aromatic rings. The molecule has 4 N–H and O–H groups in total. The number of sulfonamides is 1. The standard InChI is InChI=1S/C27H30N6O4S/c34-27-31-26-19(17-33(27)21-2-1-3-22(15-21)37-23-10-13-29-16-23)14-25(30-26)18-4-6-24(7-5-18)38(35,36)32-20-8-11-28-12-9-20/h1-7,14-15,17,20,23,28-29,32H,8-13,16H2,(H,30,31,34).